The van der Waals surface area contributed by atoms with E-state index in [2.05, 4.69) is 18.7 Å². The molecule has 0 bridgehead atoms. The van der Waals surface area contributed by atoms with Crippen LogP contribution in [0.5, 0.6) is 0 Å². The zero-order chi connectivity index (χ0) is 22.4. The Bertz CT molecular complexity index is 859. The van der Waals surface area contributed by atoms with Crippen molar-refractivity contribution < 1.29 is 19.1 Å². The van der Waals surface area contributed by atoms with E-state index in [1.165, 1.54) is 0 Å². The van der Waals surface area contributed by atoms with Gasteiger partial charge in [0, 0.05) is 33.2 Å². The first kappa shape index (κ1) is 23.0. The lowest BCUT2D eigenvalue weighted by Crippen LogP contribution is -2.44. The van der Waals surface area contributed by atoms with Gasteiger partial charge < -0.3 is 14.4 Å². The SMILES string of the molecule is CC1CN(Cc2ccc(C(=O)OC(C)C(=O)N(C)Cc3ccccc3)cc2)CC(C)O1. The number of nitrogens with zero attached hydrogens (tertiary/aromatic N) is 2. The lowest BCUT2D eigenvalue weighted by Gasteiger charge is -2.35. The Kier molecular flexibility index (Phi) is 7.82. The zero-order valence-electron chi connectivity index (χ0n) is 18.8. The van der Waals surface area contributed by atoms with Crippen LogP contribution in [0.3, 0.4) is 0 Å². The Balaban J connectivity index is 1.52. The maximum Gasteiger partial charge on any atom is 0.338 e. The summed E-state index contributed by atoms with van der Waals surface area (Å²) >= 11 is 0. The average molecular weight is 425 g/mol. The third kappa shape index (κ3) is 6.64. The van der Waals surface area contributed by atoms with Crippen LogP contribution in [-0.2, 0) is 27.4 Å². The largest absolute Gasteiger partial charge is 0.449 e. The van der Waals surface area contributed by atoms with Gasteiger partial charge in [-0.05, 0) is 44.0 Å². The summed E-state index contributed by atoms with van der Waals surface area (Å²) in [6.45, 7) is 8.84. The number of carbonyl (C=O) groups is 2. The van der Waals surface area contributed by atoms with Crippen LogP contribution in [0.1, 0.15) is 42.3 Å². The van der Waals surface area contributed by atoms with E-state index in [1.807, 2.05) is 42.5 Å². The van der Waals surface area contributed by atoms with Gasteiger partial charge in [0.1, 0.15) is 0 Å². The van der Waals surface area contributed by atoms with Gasteiger partial charge in [-0.1, -0.05) is 42.5 Å². The van der Waals surface area contributed by atoms with E-state index in [4.69, 9.17) is 9.47 Å². The Hall–Kier alpha value is -2.70. The topological polar surface area (TPSA) is 59.1 Å². The van der Waals surface area contributed by atoms with E-state index >= 15 is 0 Å². The van der Waals surface area contributed by atoms with Crippen molar-refractivity contribution in [3.05, 3.63) is 71.3 Å². The second kappa shape index (κ2) is 10.6. The molecule has 0 aliphatic carbocycles. The zero-order valence-corrected chi connectivity index (χ0v) is 18.8. The van der Waals surface area contributed by atoms with Crippen molar-refractivity contribution in [2.24, 2.45) is 0 Å². The van der Waals surface area contributed by atoms with Crippen LogP contribution < -0.4 is 0 Å². The number of ether oxygens (including phenoxy) is 2. The number of amides is 1. The molecule has 2 aromatic rings. The summed E-state index contributed by atoms with van der Waals surface area (Å²) in [7, 11) is 1.71. The van der Waals surface area contributed by atoms with E-state index in [0.29, 0.717) is 12.1 Å². The van der Waals surface area contributed by atoms with Crippen LogP contribution in [0.25, 0.3) is 0 Å². The summed E-state index contributed by atoms with van der Waals surface area (Å²) in [6, 6.07) is 17.1. The number of esters is 1. The molecule has 0 spiro atoms. The Morgan fingerprint density at radius 2 is 1.65 bits per heavy atom. The van der Waals surface area contributed by atoms with Crippen LogP contribution >= 0.6 is 0 Å². The lowest BCUT2D eigenvalue weighted by atomic mass is 10.1. The molecule has 0 radical (unpaired) electrons. The van der Waals surface area contributed by atoms with Gasteiger partial charge in [0.25, 0.3) is 5.91 Å². The number of rotatable bonds is 7. The Labute approximate surface area is 184 Å². The summed E-state index contributed by atoms with van der Waals surface area (Å²) in [6.07, 6.45) is -0.411. The molecule has 6 heteroatoms. The first-order valence-electron chi connectivity index (χ1n) is 10.8. The van der Waals surface area contributed by atoms with Crippen molar-refractivity contribution in [1.29, 1.82) is 0 Å². The molecule has 1 heterocycles. The van der Waals surface area contributed by atoms with Crippen molar-refractivity contribution >= 4 is 11.9 Å². The third-order valence-electron chi connectivity index (χ3n) is 5.36. The van der Waals surface area contributed by atoms with Gasteiger partial charge in [0.15, 0.2) is 6.10 Å². The molecule has 1 saturated heterocycles. The van der Waals surface area contributed by atoms with Gasteiger partial charge in [-0.3, -0.25) is 9.69 Å². The van der Waals surface area contributed by atoms with Crippen LogP contribution in [0, 0.1) is 0 Å². The van der Waals surface area contributed by atoms with Crippen LogP contribution in [0.4, 0.5) is 0 Å². The highest BCUT2D eigenvalue weighted by Gasteiger charge is 2.24. The van der Waals surface area contributed by atoms with Gasteiger partial charge in [-0.15, -0.1) is 0 Å². The molecular weight excluding hydrogens is 392 g/mol. The minimum Gasteiger partial charge on any atom is -0.449 e. The van der Waals surface area contributed by atoms with E-state index in [-0.39, 0.29) is 18.1 Å². The molecule has 166 valence electrons. The predicted octanol–water partition coefficient (Wildman–Crippen LogP) is 3.50. The minimum absolute atomic E-state index is 0.219. The first-order valence-corrected chi connectivity index (χ1v) is 10.8. The molecule has 6 nitrogen and oxygen atoms in total. The van der Waals surface area contributed by atoms with E-state index in [1.54, 1.807) is 31.0 Å². The highest BCUT2D eigenvalue weighted by atomic mass is 16.5. The fraction of sp³-hybridized carbons (Fsp3) is 0.440. The van der Waals surface area contributed by atoms with Crippen molar-refractivity contribution in [2.45, 2.75) is 52.2 Å². The summed E-state index contributed by atoms with van der Waals surface area (Å²) in [5.74, 6) is -0.724. The number of morpholine rings is 1. The molecule has 3 rings (SSSR count). The van der Waals surface area contributed by atoms with Crippen molar-refractivity contribution in [3.63, 3.8) is 0 Å². The summed E-state index contributed by atoms with van der Waals surface area (Å²) < 4.78 is 11.2. The average Bonchev–Trinajstić information content (AvgIpc) is 2.73. The molecule has 0 saturated carbocycles. The second-order valence-electron chi connectivity index (χ2n) is 8.38. The number of likely N-dealkylation sites (N-methyl/N-ethyl adjacent to an activating group) is 1. The molecule has 31 heavy (non-hydrogen) atoms. The third-order valence-corrected chi connectivity index (χ3v) is 5.36. The Morgan fingerprint density at radius 1 is 1.03 bits per heavy atom. The van der Waals surface area contributed by atoms with Crippen molar-refractivity contribution in [3.8, 4) is 0 Å². The fourth-order valence-corrected chi connectivity index (χ4v) is 3.94. The molecule has 3 atom stereocenters. The maximum absolute atomic E-state index is 12.6. The number of benzene rings is 2. The molecule has 1 aliphatic rings. The maximum atomic E-state index is 12.6. The smallest absolute Gasteiger partial charge is 0.338 e. The summed E-state index contributed by atoms with van der Waals surface area (Å²) in [4.78, 5) is 29.0. The van der Waals surface area contributed by atoms with E-state index < -0.39 is 12.1 Å². The lowest BCUT2D eigenvalue weighted by molar-refractivity contribution is -0.139. The first-order chi connectivity index (χ1) is 14.8. The summed E-state index contributed by atoms with van der Waals surface area (Å²) in [5, 5.41) is 0. The highest BCUT2D eigenvalue weighted by Crippen LogP contribution is 2.16. The van der Waals surface area contributed by atoms with E-state index in [0.717, 1.165) is 30.8 Å². The summed E-state index contributed by atoms with van der Waals surface area (Å²) in [5.41, 5.74) is 2.60. The number of carbonyl (C=O) groups excluding carboxylic acids is 2. The second-order valence-corrected chi connectivity index (χ2v) is 8.38. The normalized spacial score (nSPS) is 20.1. The molecule has 1 fully saturated rings. The Morgan fingerprint density at radius 3 is 2.26 bits per heavy atom. The van der Waals surface area contributed by atoms with Gasteiger partial charge in [-0.2, -0.15) is 0 Å². The predicted molar refractivity (Wildman–Crippen MR) is 120 cm³/mol. The quantitative estimate of drug-likeness (QED) is 0.637. The van der Waals surface area contributed by atoms with Crippen molar-refractivity contribution in [1.82, 2.24) is 9.80 Å². The van der Waals surface area contributed by atoms with Gasteiger partial charge in [0.2, 0.25) is 0 Å². The molecule has 2 aromatic carbocycles. The fourth-order valence-electron chi connectivity index (χ4n) is 3.94. The molecule has 1 amide bonds. The number of hydrogen-bond acceptors (Lipinski definition) is 5. The minimum atomic E-state index is -0.850. The molecule has 3 unspecified atom stereocenters. The monoisotopic (exact) mass is 424 g/mol. The van der Waals surface area contributed by atoms with Crippen LogP contribution in [-0.4, -0.2) is 60.1 Å². The van der Waals surface area contributed by atoms with Crippen LogP contribution in [0.15, 0.2) is 54.6 Å². The number of hydrogen-bond donors (Lipinski definition) is 0. The van der Waals surface area contributed by atoms with Gasteiger partial charge >= 0.3 is 5.97 Å². The van der Waals surface area contributed by atoms with Crippen LogP contribution in [0.2, 0.25) is 0 Å². The van der Waals surface area contributed by atoms with Gasteiger partial charge in [-0.25, -0.2) is 4.79 Å². The molecule has 0 aromatic heterocycles. The molecular formula is C25H32N2O4. The van der Waals surface area contributed by atoms with Gasteiger partial charge in [0.05, 0.1) is 17.8 Å². The van der Waals surface area contributed by atoms with Crippen molar-refractivity contribution in [2.75, 3.05) is 20.1 Å². The molecule has 0 N–H and O–H groups in total. The molecule has 1 aliphatic heterocycles. The highest BCUT2D eigenvalue weighted by molar-refractivity contribution is 5.92. The standard InChI is InChI=1S/C25H32N2O4/c1-18-14-27(15-19(2)30-18)17-22-10-12-23(13-11-22)25(29)31-20(3)24(28)26(4)16-21-8-6-5-7-9-21/h5-13,18-20H,14-17H2,1-4H3. The van der Waals surface area contributed by atoms with E-state index in [9.17, 15) is 9.59 Å².